The lowest BCUT2D eigenvalue weighted by atomic mass is 10.1. The summed E-state index contributed by atoms with van der Waals surface area (Å²) >= 11 is 9.60. The van der Waals surface area contributed by atoms with Gasteiger partial charge in [0.25, 0.3) is 0 Å². The minimum absolute atomic E-state index is 0.328. The first-order chi connectivity index (χ1) is 6.77. The predicted molar refractivity (Wildman–Crippen MR) is 62.8 cm³/mol. The Labute approximate surface area is 97.2 Å². The first-order valence-corrected chi connectivity index (χ1v) is 5.83. The lowest BCUT2D eigenvalue weighted by molar-refractivity contribution is 0.430. The van der Waals surface area contributed by atoms with Crippen molar-refractivity contribution in [2.45, 2.75) is 6.04 Å². The van der Waals surface area contributed by atoms with Crippen molar-refractivity contribution in [2.24, 2.45) is 0 Å². The predicted octanol–water partition coefficient (Wildman–Crippen LogP) is 2.34. The molecule has 0 aliphatic carbocycles. The summed E-state index contributed by atoms with van der Waals surface area (Å²) in [4.78, 5) is 0. The molecule has 0 saturated carbocycles. The summed E-state index contributed by atoms with van der Waals surface area (Å²) in [5.74, 6) is 0. The van der Waals surface area contributed by atoms with E-state index in [-0.39, 0.29) is 0 Å². The molecule has 0 spiro atoms. The number of rotatable bonds is 1. The van der Waals surface area contributed by atoms with Gasteiger partial charge in [0.2, 0.25) is 0 Å². The molecule has 0 bridgehead atoms. The molecule has 0 unspecified atom stereocenters. The molecule has 1 aliphatic heterocycles. The van der Waals surface area contributed by atoms with E-state index in [4.69, 9.17) is 11.6 Å². The summed E-state index contributed by atoms with van der Waals surface area (Å²) in [6, 6.07) is 6.29. The zero-order chi connectivity index (χ0) is 9.97. The van der Waals surface area contributed by atoms with Crippen LogP contribution in [0.3, 0.4) is 0 Å². The van der Waals surface area contributed by atoms with Crippen molar-refractivity contribution in [2.75, 3.05) is 19.6 Å². The zero-order valence-corrected chi connectivity index (χ0v) is 10.0. The molecule has 76 valence electrons. The minimum atomic E-state index is 0.328. The van der Waals surface area contributed by atoms with Gasteiger partial charge in [-0.3, -0.25) is 0 Å². The molecule has 4 heteroatoms. The number of piperazine rings is 1. The molecule has 1 aromatic rings. The number of hydrogen-bond acceptors (Lipinski definition) is 2. The summed E-state index contributed by atoms with van der Waals surface area (Å²) in [5.41, 5.74) is 1.16. The number of benzene rings is 1. The van der Waals surface area contributed by atoms with Crippen molar-refractivity contribution in [3.8, 4) is 0 Å². The van der Waals surface area contributed by atoms with Crippen molar-refractivity contribution < 1.29 is 0 Å². The van der Waals surface area contributed by atoms with Crippen LogP contribution in [0.2, 0.25) is 5.02 Å². The van der Waals surface area contributed by atoms with Crippen molar-refractivity contribution in [3.63, 3.8) is 0 Å². The van der Waals surface area contributed by atoms with Crippen LogP contribution in [0.4, 0.5) is 0 Å². The summed E-state index contributed by atoms with van der Waals surface area (Å²) in [5, 5.41) is 7.61. The maximum absolute atomic E-state index is 6.14. The Kier molecular flexibility index (Phi) is 3.44. The zero-order valence-electron chi connectivity index (χ0n) is 7.69. The van der Waals surface area contributed by atoms with Crippen LogP contribution >= 0.6 is 27.5 Å². The van der Waals surface area contributed by atoms with Crippen LogP contribution in [0.25, 0.3) is 0 Å². The van der Waals surface area contributed by atoms with E-state index in [9.17, 15) is 0 Å². The standard InChI is InChI=1S/C10H12BrClN2/c11-7-1-2-9(12)8(5-7)10-6-13-3-4-14-10/h1-2,5,10,13-14H,3-4,6H2/t10-/m0/s1. The van der Waals surface area contributed by atoms with Gasteiger partial charge in [-0.1, -0.05) is 27.5 Å². The van der Waals surface area contributed by atoms with Gasteiger partial charge in [0.15, 0.2) is 0 Å². The molecule has 2 nitrogen and oxygen atoms in total. The van der Waals surface area contributed by atoms with Gasteiger partial charge in [-0.05, 0) is 23.8 Å². The molecule has 1 saturated heterocycles. The molecule has 14 heavy (non-hydrogen) atoms. The summed E-state index contributed by atoms with van der Waals surface area (Å²) in [6.45, 7) is 2.96. The Morgan fingerprint density at radius 1 is 1.36 bits per heavy atom. The second-order valence-corrected chi connectivity index (χ2v) is 4.70. The second-order valence-electron chi connectivity index (χ2n) is 3.38. The Balaban J connectivity index is 2.24. The Hall–Kier alpha value is -0.0900. The number of halogens is 2. The van der Waals surface area contributed by atoms with Crippen molar-refractivity contribution in [3.05, 3.63) is 33.3 Å². The first kappa shape index (κ1) is 10.4. The fourth-order valence-electron chi connectivity index (χ4n) is 1.65. The highest BCUT2D eigenvalue weighted by Gasteiger charge is 2.16. The monoisotopic (exact) mass is 274 g/mol. The minimum Gasteiger partial charge on any atom is -0.314 e. The third-order valence-corrected chi connectivity index (χ3v) is 3.21. The Morgan fingerprint density at radius 3 is 2.93 bits per heavy atom. The summed E-state index contributed by atoms with van der Waals surface area (Å²) in [7, 11) is 0. The van der Waals surface area contributed by atoms with E-state index >= 15 is 0 Å². The highest BCUT2D eigenvalue weighted by Crippen LogP contribution is 2.26. The first-order valence-electron chi connectivity index (χ1n) is 4.66. The van der Waals surface area contributed by atoms with E-state index in [0.717, 1.165) is 34.7 Å². The Bertz CT molecular complexity index is 324. The largest absolute Gasteiger partial charge is 0.314 e. The highest BCUT2D eigenvalue weighted by atomic mass is 79.9. The van der Waals surface area contributed by atoms with Gasteiger partial charge in [0.1, 0.15) is 0 Å². The van der Waals surface area contributed by atoms with Gasteiger partial charge in [0.05, 0.1) is 0 Å². The van der Waals surface area contributed by atoms with Crippen LogP contribution in [0, 0.1) is 0 Å². The molecular formula is C10H12BrClN2. The average molecular weight is 276 g/mol. The molecule has 1 aromatic carbocycles. The average Bonchev–Trinajstić information content (AvgIpc) is 2.23. The number of nitrogens with one attached hydrogen (secondary N) is 2. The van der Waals surface area contributed by atoms with Crippen LogP contribution in [-0.4, -0.2) is 19.6 Å². The number of hydrogen-bond donors (Lipinski definition) is 2. The topological polar surface area (TPSA) is 24.1 Å². The quantitative estimate of drug-likeness (QED) is 0.822. The SMILES string of the molecule is Clc1ccc(Br)cc1[C@@H]1CNCCN1. The molecule has 2 rings (SSSR count). The molecule has 1 heterocycles. The third-order valence-electron chi connectivity index (χ3n) is 2.37. The van der Waals surface area contributed by atoms with E-state index in [2.05, 4.69) is 32.6 Å². The maximum atomic E-state index is 6.14. The fraction of sp³-hybridized carbons (Fsp3) is 0.400. The smallest absolute Gasteiger partial charge is 0.0462 e. The van der Waals surface area contributed by atoms with Crippen molar-refractivity contribution in [1.29, 1.82) is 0 Å². The van der Waals surface area contributed by atoms with Gasteiger partial charge in [-0.2, -0.15) is 0 Å². The molecule has 1 atom stereocenters. The van der Waals surface area contributed by atoms with Crippen LogP contribution in [0.5, 0.6) is 0 Å². The van der Waals surface area contributed by atoms with E-state index in [1.165, 1.54) is 0 Å². The second kappa shape index (κ2) is 4.62. The van der Waals surface area contributed by atoms with Crippen LogP contribution in [0.15, 0.2) is 22.7 Å². The van der Waals surface area contributed by atoms with Crippen LogP contribution in [-0.2, 0) is 0 Å². The third kappa shape index (κ3) is 2.28. The van der Waals surface area contributed by atoms with Crippen LogP contribution in [0.1, 0.15) is 11.6 Å². The van der Waals surface area contributed by atoms with Gasteiger partial charge >= 0.3 is 0 Å². The van der Waals surface area contributed by atoms with Crippen LogP contribution < -0.4 is 10.6 Å². The highest BCUT2D eigenvalue weighted by molar-refractivity contribution is 9.10. The van der Waals surface area contributed by atoms with E-state index in [1.54, 1.807) is 0 Å². The van der Waals surface area contributed by atoms with E-state index in [1.807, 2.05) is 12.1 Å². The lowest BCUT2D eigenvalue weighted by Gasteiger charge is -2.25. The van der Waals surface area contributed by atoms with Gasteiger partial charge in [-0.15, -0.1) is 0 Å². The fourth-order valence-corrected chi connectivity index (χ4v) is 2.28. The Morgan fingerprint density at radius 2 is 2.21 bits per heavy atom. The van der Waals surface area contributed by atoms with E-state index < -0.39 is 0 Å². The van der Waals surface area contributed by atoms with Crippen molar-refractivity contribution >= 4 is 27.5 Å². The molecule has 1 aliphatic rings. The van der Waals surface area contributed by atoms with Gasteiger partial charge in [-0.25, -0.2) is 0 Å². The molecule has 0 amide bonds. The molecule has 0 aromatic heterocycles. The van der Waals surface area contributed by atoms with Gasteiger partial charge in [0, 0.05) is 35.2 Å². The molecular weight excluding hydrogens is 263 g/mol. The lowest BCUT2D eigenvalue weighted by Crippen LogP contribution is -2.42. The normalized spacial score (nSPS) is 22.3. The summed E-state index contributed by atoms with van der Waals surface area (Å²) < 4.78 is 1.07. The molecule has 0 radical (unpaired) electrons. The summed E-state index contributed by atoms with van der Waals surface area (Å²) in [6.07, 6.45) is 0. The molecule has 1 fully saturated rings. The van der Waals surface area contributed by atoms with E-state index in [0.29, 0.717) is 6.04 Å². The molecule has 2 N–H and O–H groups in total. The van der Waals surface area contributed by atoms with Crippen molar-refractivity contribution in [1.82, 2.24) is 10.6 Å². The van der Waals surface area contributed by atoms with Gasteiger partial charge < -0.3 is 10.6 Å². The maximum Gasteiger partial charge on any atom is 0.0462 e.